The number of carbonyl (C=O) groups is 1. The average Bonchev–Trinajstić information content (AvgIpc) is 2.90. The molecule has 0 spiro atoms. The Morgan fingerprint density at radius 2 is 2.27 bits per heavy atom. The number of hydrogen-bond donors (Lipinski definition) is 1. The van der Waals surface area contributed by atoms with Gasteiger partial charge in [0.2, 0.25) is 0 Å². The minimum absolute atomic E-state index is 0.0347. The van der Waals surface area contributed by atoms with Gasteiger partial charge in [0.1, 0.15) is 23.2 Å². The fourth-order valence-corrected chi connectivity index (χ4v) is 2.16. The lowest BCUT2D eigenvalue weighted by atomic mass is 10.2. The van der Waals surface area contributed by atoms with Crippen LogP contribution < -0.4 is 10.1 Å². The number of carbonyl (C=O) groups excluding carboxylic acids is 1. The molecular formula is C16H13IN2O3. The fourth-order valence-electron chi connectivity index (χ4n) is 1.73. The van der Waals surface area contributed by atoms with Crippen molar-refractivity contribution in [3.8, 4) is 11.8 Å². The van der Waals surface area contributed by atoms with E-state index in [0.29, 0.717) is 27.6 Å². The minimum Gasteiger partial charge on any atom is -0.494 e. The number of benzene rings is 1. The monoisotopic (exact) mass is 408 g/mol. The van der Waals surface area contributed by atoms with Crippen LogP contribution in [0.4, 0.5) is 5.69 Å². The smallest absolute Gasteiger partial charge is 0.266 e. The molecule has 1 aromatic heterocycles. The average molecular weight is 408 g/mol. The lowest BCUT2D eigenvalue weighted by Gasteiger charge is -2.07. The number of hydrogen-bond acceptors (Lipinski definition) is 4. The molecule has 22 heavy (non-hydrogen) atoms. The highest BCUT2D eigenvalue weighted by Crippen LogP contribution is 2.19. The number of amides is 1. The first kappa shape index (κ1) is 16.1. The zero-order chi connectivity index (χ0) is 15.9. The van der Waals surface area contributed by atoms with E-state index < -0.39 is 5.91 Å². The highest BCUT2D eigenvalue weighted by Gasteiger charge is 2.11. The SMILES string of the molecule is CCOc1cccc(NC(=O)/C(C#N)=C\c2ccc(I)o2)c1. The van der Waals surface area contributed by atoms with Gasteiger partial charge >= 0.3 is 0 Å². The van der Waals surface area contributed by atoms with E-state index >= 15 is 0 Å². The van der Waals surface area contributed by atoms with Crippen LogP contribution in [0, 0.1) is 15.1 Å². The summed E-state index contributed by atoms with van der Waals surface area (Å²) in [7, 11) is 0. The highest BCUT2D eigenvalue weighted by molar-refractivity contribution is 14.1. The molecule has 5 nitrogen and oxygen atoms in total. The molecule has 1 amide bonds. The van der Waals surface area contributed by atoms with E-state index in [-0.39, 0.29) is 5.57 Å². The fraction of sp³-hybridized carbons (Fsp3) is 0.125. The van der Waals surface area contributed by atoms with Gasteiger partial charge in [0, 0.05) is 17.8 Å². The van der Waals surface area contributed by atoms with Crippen LogP contribution >= 0.6 is 22.6 Å². The molecule has 0 saturated heterocycles. The van der Waals surface area contributed by atoms with Crippen molar-refractivity contribution in [3.05, 3.63) is 51.5 Å². The number of nitriles is 1. The van der Waals surface area contributed by atoms with Crippen molar-refractivity contribution in [2.75, 3.05) is 11.9 Å². The quantitative estimate of drug-likeness (QED) is 0.464. The van der Waals surface area contributed by atoms with E-state index in [4.69, 9.17) is 14.4 Å². The van der Waals surface area contributed by atoms with Gasteiger partial charge in [0.15, 0.2) is 3.77 Å². The van der Waals surface area contributed by atoms with Gasteiger partial charge < -0.3 is 14.5 Å². The second-order valence-corrected chi connectivity index (χ2v) is 5.29. The molecular weight excluding hydrogens is 395 g/mol. The van der Waals surface area contributed by atoms with Crippen molar-refractivity contribution in [3.63, 3.8) is 0 Å². The molecule has 1 aromatic carbocycles. The molecule has 112 valence electrons. The van der Waals surface area contributed by atoms with Gasteiger partial charge in [-0.3, -0.25) is 4.79 Å². The zero-order valence-electron chi connectivity index (χ0n) is 11.8. The van der Waals surface area contributed by atoms with Gasteiger partial charge in [0.05, 0.1) is 6.61 Å². The zero-order valence-corrected chi connectivity index (χ0v) is 14.0. The number of nitrogens with one attached hydrogen (secondary N) is 1. The summed E-state index contributed by atoms with van der Waals surface area (Å²) < 4.78 is 11.4. The molecule has 0 bridgehead atoms. The van der Waals surface area contributed by atoms with Crippen molar-refractivity contribution >= 4 is 40.3 Å². The van der Waals surface area contributed by atoms with Crippen molar-refractivity contribution < 1.29 is 13.9 Å². The topological polar surface area (TPSA) is 75.3 Å². The van der Waals surface area contributed by atoms with Crippen LogP contribution in [0.15, 0.2) is 46.4 Å². The van der Waals surface area contributed by atoms with E-state index in [1.54, 1.807) is 36.4 Å². The van der Waals surface area contributed by atoms with Crippen LogP contribution in [0.3, 0.4) is 0 Å². The molecule has 2 rings (SSSR count). The summed E-state index contributed by atoms with van der Waals surface area (Å²) in [5, 5.41) is 11.8. The Morgan fingerprint density at radius 1 is 1.45 bits per heavy atom. The number of halogens is 1. The Morgan fingerprint density at radius 3 is 2.91 bits per heavy atom. The first-order valence-corrected chi connectivity index (χ1v) is 7.61. The Kier molecular flexibility index (Phi) is 5.61. The number of furan rings is 1. The third-order valence-corrected chi connectivity index (χ3v) is 3.23. The standard InChI is InChI=1S/C16H13IN2O3/c1-2-21-13-5-3-4-12(9-13)19-16(20)11(10-18)8-14-6-7-15(17)22-14/h3-9H,2H2,1H3,(H,19,20)/b11-8-. The molecule has 0 aliphatic carbocycles. The summed E-state index contributed by atoms with van der Waals surface area (Å²) in [6.07, 6.45) is 1.41. The molecule has 6 heteroatoms. The molecule has 1 heterocycles. The lowest BCUT2D eigenvalue weighted by Crippen LogP contribution is -2.13. The van der Waals surface area contributed by atoms with Crippen LogP contribution in [0.2, 0.25) is 0 Å². The predicted molar refractivity (Wildman–Crippen MR) is 91.3 cm³/mol. The van der Waals surface area contributed by atoms with Crippen LogP contribution in [0.1, 0.15) is 12.7 Å². The molecule has 1 N–H and O–H groups in total. The van der Waals surface area contributed by atoms with Crippen LogP contribution in [0.25, 0.3) is 6.08 Å². The van der Waals surface area contributed by atoms with Gasteiger partial charge in [-0.25, -0.2) is 0 Å². The number of anilines is 1. The second-order valence-electron chi connectivity index (χ2n) is 4.23. The summed E-state index contributed by atoms with van der Waals surface area (Å²) in [6.45, 7) is 2.42. The Bertz CT molecular complexity index is 744. The second kappa shape index (κ2) is 7.66. The largest absolute Gasteiger partial charge is 0.494 e. The van der Waals surface area contributed by atoms with Gasteiger partial charge in [-0.2, -0.15) is 5.26 Å². The number of rotatable bonds is 5. The van der Waals surface area contributed by atoms with E-state index in [2.05, 4.69) is 5.32 Å². The maximum absolute atomic E-state index is 12.1. The van der Waals surface area contributed by atoms with Crippen molar-refractivity contribution in [2.24, 2.45) is 0 Å². The van der Waals surface area contributed by atoms with Crippen molar-refractivity contribution in [1.29, 1.82) is 5.26 Å². The maximum atomic E-state index is 12.1. The first-order valence-electron chi connectivity index (χ1n) is 6.53. The first-order chi connectivity index (χ1) is 10.6. The summed E-state index contributed by atoms with van der Waals surface area (Å²) in [6, 6.07) is 12.3. The lowest BCUT2D eigenvalue weighted by molar-refractivity contribution is -0.112. The molecule has 0 fully saturated rings. The van der Waals surface area contributed by atoms with Gasteiger partial charge in [-0.15, -0.1) is 0 Å². The van der Waals surface area contributed by atoms with Gasteiger partial charge in [-0.1, -0.05) is 6.07 Å². The third-order valence-electron chi connectivity index (χ3n) is 2.65. The molecule has 0 saturated carbocycles. The summed E-state index contributed by atoms with van der Waals surface area (Å²) in [5.41, 5.74) is 0.527. The Balaban J connectivity index is 2.14. The molecule has 0 unspecified atom stereocenters. The summed E-state index contributed by atoms with van der Waals surface area (Å²) >= 11 is 2.01. The van der Waals surface area contributed by atoms with E-state index in [1.807, 2.05) is 35.6 Å². The third kappa shape index (κ3) is 4.36. The van der Waals surface area contributed by atoms with Gasteiger partial charge in [0.25, 0.3) is 5.91 Å². The molecule has 2 aromatic rings. The predicted octanol–water partition coefficient (Wildman–Crippen LogP) is 3.83. The number of nitrogens with zero attached hydrogens (tertiary/aromatic N) is 1. The Hall–Kier alpha value is -2.27. The summed E-state index contributed by atoms with van der Waals surface area (Å²) in [4.78, 5) is 12.1. The van der Waals surface area contributed by atoms with Crippen molar-refractivity contribution in [1.82, 2.24) is 0 Å². The van der Waals surface area contributed by atoms with Gasteiger partial charge in [-0.05, 0) is 53.8 Å². The molecule has 0 atom stereocenters. The van der Waals surface area contributed by atoms with Crippen molar-refractivity contribution in [2.45, 2.75) is 6.92 Å². The minimum atomic E-state index is -0.498. The van der Waals surface area contributed by atoms with E-state index in [9.17, 15) is 4.79 Å². The Labute approximate surface area is 141 Å². The number of ether oxygens (including phenoxy) is 1. The molecule has 0 aliphatic heterocycles. The van der Waals surface area contributed by atoms with Crippen LogP contribution in [-0.4, -0.2) is 12.5 Å². The normalized spacial score (nSPS) is 10.9. The molecule has 0 aliphatic rings. The summed E-state index contributed by atoms with van der Waals surface area (Å²) in [5.74, 6) is 0.616. The van der Waals surface area contributed by atoms with E-state index in [0.717, 1.165) is 0 Å². The van der Waals surface area contributed by atoms with Crippen LogP contribution in [0.5, 0.6) is 5.75 Å². The maximum Gasteiger partial charge on any atom is 0.266 e. The molecule has 0 radical (unpaired) electrons. The van der Waals surface area contributed by atoms with E-state index in [1.165, 1.54) is 6.08 Å². The highest BCUT2D eigenvalue weighted by atomic mass is 127. The van der Waals surface area contributed by atoms with Crippen LogP contribution in [-0.2, 0) is 4.79 Å².